The Kier molecular flexibility index (Phi) is 1.98. The van der Waals surface area contributed by atoms with E-state index in [9.17, 15) is 0 Å². The molecular weight excluding hydrogens is 154 g/mol. The summed E-state index contributed by atoms with van der Waals surface area (Å²) in [5, 5.41) is 7.85. The van der Waals surface area contributed by atoms with Gasteiger partial charge in [-0.3, -0.25) is 5.43 Å². The normalized spacial score (nSPS) is 17.3. The number of hydrazine groups is 2. The number of hydrogen-bond donors (Lipinski definition) is 3. The number of halogens is 1. The molecule has 6 heteroatoms. The molecule has 0 aliphatic carbocycles. The lowest BCUT2D eigenvalue weighted by atomic mass is 10.5. The third-order valence-electron chi connectivity index (χ3n) is 0.971. The molecule has 0 amide bonds. The number of nitrogens with two attached hydrogens (primary N) is 1. The van der Waals surface area contributed by atoms with Crippen LogP contribution in [-0.2, 0) is 0 Å². The average molecular weight is 162 g/mol. The van der Waals surface area contributed by atoms with Gasteiger partial charge in [-0.1, -0.05) is 11.6 Å². The van der Waals surface area contributed by atoms with Gasteiger partial charge in [-0.25, -0.2) is 5.84 Å². The smallest absolute Gasteiger partial charge is 0.156 e. The summed E-state index contributed by atoms with van der Waals surface area (Å²) in [6.45, 7) is 0. The molecule has 0 aromatic rings. The van der Waals surface area contributed by atoms with Crippen LogP contribution in [0.3, 0.4) is 0 Å². The van der Waals surface area contributed by atoms with E-state index in [1.54, 1.807) is 13.1 Å². The fourth-order valence-electron chi connectivity index (χ4n) is 0.560. The van der Waals surface area contributed by atoms with Crippen LogP contribution < -0.4 is 16.6 Å². The lowest BCUT2D eigenvalue weighted by Crippen LogP contribution is -2.44. The highest BCUT2D eigenvalue weighted by Crippen LogP contribution is 1.98. The summed E-state index contributed by atoms with van der Waals surface area (Å²) in [5.41, 5.74) is 2.69. The number of nitrogens with zero attached hydrogens (tertiary/aromatic N) is 2. The number of allylic oxidation sites excluding steroid dienone is 1. The Morgan fingerprint density at radius 3 is 3.10 bits per heavy atom. The molecule has 0 bridgehead atoms. The summed E-state index contributed by atoms with van der Waals surface area (Å²) in [7, 11) is 1.75. The van der Waals surface area contributed by atoms with E-state index in [4.69, 9.17) is 17.4 Å². The standard InChI is InChI=1S/C4H8ClN5/c1-7-4-2-3(5)8-10(6)9-4/h2,7,9H,6H2,1H3. The maximum atomic E-state index is 5.56. The summed E-state index contributed by atoms with van der Waals surface area (Å²) < 4.78 is 0. The van der Waals surface area contributed by atoms with Gasteiger partial charge in [0.2, 0.25) is 0 Å². The summed E-state index contributed by atoms with van der Waals surface area (Å²) in [5.74, 6) is 5.97. The van der Waals surface area contributed by atoms with Crippen molar-refractivity contribution in [3.05, 3.63) is 11.9 Å². The quantitative estimate of drug-likeness (QED) is 0.445. The molecule has 0 saturated carbocycles. The van der Waals surface area contributed by atoms with Gasteiger partial charge in [-0.2, -0.15) is 0 Å². The van der Waals surface area contributed by atoms with Crippen molar-refractivity contribution in [2.45, 2.75) is 0 Å². The third-order valence-corrected chi connectivity index (χ3v) is 1.16. The van der Waals surface area contributed by atoms with E-state index in [1.165, 1.54) is 0 Å². The van der Waals surface area contributed by atoms with E-state index in [1.807, 2.05) is 0 Å². The first-order valence-corrected chi connectivity index (χ1v) is 3.05. The zero-order valence-corrected chi connectivity index (χ0v) is 6.18. The SMILES string of the molecule is CNC1=CC(Cl)=NN(N)N1. The van der Waals surface area contributed by atoms with Gasteiger partial charge in [-0.15, -0.1) is 10.3 Å². The number of rotatable bonds is 1. The molecule has 0 atom stereocenters. The summed E-state index contributed by atoms with van der Waals surface area (Å²) in [6.07, 6.45) is 1.63. The van der Waals surface area contributed by atoms with E-state index in [0.29, 0.717) is 11.0 Å². The van der Waals surface area contributed by atoms with Crippen LogP contribution in [0.15, 0.2) is 17.0 Å². The molecule has 1 rings (SSSR count). The van der Waals surface area contributed by atoms with Crippen LogP contribution in [0.25, 0.3) is 0 Å². The monoisotopic (exact) mass is 161 g/mol. The molecule has 0 aromatic heterocycles. The maximum Gasteiger partial charge on any atom is 0.156 e. The Labute approximate surface area is 63.4 Å². The largest absolute Gasteiger partial charge is 0.373 e. The van der Waals surface area contributed by atoms with Crippen molar-refractivity contribution in [1.29, 1.82) is 0 Å². The summed E-state index contributed by atoms with van der Waals surface area (Å²) in [4.78, 5) is 0. The summed E-state index contributed by atoms with van der Waals surface area (Å²) >= 11 is 5.56. The minimum Gasteiger partial charge on any atom is -0.373 e. The molecule has 5 nitrogen and oxygen atoms in total. The van der Waals surface area contributed by atoms with Crippen LogP contribution in [0.4, 0.5) is 0 Å². The first-order valence-electron chi connectivity index (χ1n) is 2.67. The molecule has 0 unspecified atom stereocenters. The Bertz CT molecular complexity index is 186. The molecule has 1 heterocycles. The van der Waals surface area contributed by atoms with Crippen molar-refractivity contribution >= 4 is 16.8 Å². The van der Waals surface area contributed by atoms with Gasteiger partial charge in [0, 0.05) is 13.1 Å². The van der Waals surface area contributed by atoms with E-state index in [-0.39, 0.29) is 0 Å². The van der Waals surface area contributed by atoms with E-state index in [0.717, 1.165) is 5.23 Å². The molecule has 10 heavy (non-hydrogen) atoms. The van der Waals surface area contributed by atoms with Crippen molar-refractivity contribution in [2.75, 3.05) is 7.05 Å². The lowest BCUT2D eigenvalue weighted by Gasteiger charge is -2.20. The predicted octanol–water partition coefficient (Wildman–Crippen LogP) is -0.707. The van der Waals surface area contributed by atoms with Crippen molar-refractivity contribution < 1.29 is 0 Å². The van der Waals surface area contributed by atoms with Crippen LogP contribution >= 0.6 is 11.6 Å². The molecule has 1 aliphatic rings. The van der Waals surface area contributed by atoms with Crippen molar-refractivity contribution in [1.82, 2.24) is 16.0 Å². The minimum absolute atomic E-state index is 0.339. The molecule has 0 aromatic carbocycles. The minimum atomic E-state index is 0.339. The van der Waals surface area contributed by atoms with Crippen molar-refractivity contribution in [3.63, 3.8) is 0 Å². The number of hydrazone groups is 1. The zero-order valence-electron chi connectivity index (χ0n) is 5.43. The number of hydrogen-bond acceptors (Lipinski definition) is 5. The Hall–Kier alpha value is -0.940. The van der Waals surface area contributed by atoms with Gasteiger partial charge in [0.1, 0.15) is 5.82 Å². The fraction of sp³-hybridized carbons (Fsp3) is 0.250. The number of nitrogens with one attached hydrogen (secondary N) is 2. The second-order valence-corrected chi connectivity index (χ2v) is 2.07. The van der Waals surface area contributed by atoms with E-state index in [2.05, 4.69) is 15.8 Å². The van der Waals surface area contributed by atoms with E-state index >= 15 is 0 Å². The van der Waals surface area contributed by atoms with Crippen LogP contribution in [0.2, 0.25) is 0 Å². The highest BCUT2D eigenvalue weighted by atomic mass is 35.5. The highest BCUT2D eigenvalue weighted by Gasteiger charge is 2.05. The predicted molar refractivity (Wildman–Crippen MR) is 39.6 cm³/mol. The van der Waals surface area contributed by atoms with Gasteiger partial charge in [0.05, 0.1) is 0 Å². The van der Waals surface area contributed by atoms with Crippen LogP contribution in [0.5, 0.6) is 0 Å². The molecular formula is C4H8ClN5. The van der Waals surface area contributed by atoms with Gasteiger partial charge < -0.3 is 5.32 Å². The molecule has 1 aliphatic heterocycles. The Balaban J connectivity index is 2.70. The molecule has 0 saturated heterocycles. The molecule has 0 radical (unpaired) electrons. The molecule has 56 valence electrons. The first-order chi connectivity index (χ1) is 4.72. The lowest BCUT2D eigenvalue weighted by molar-refractivity contribution is 0.220. The van der Waals surface area contributed by atoms with Gasteiger partial charge in [-0.05, 0) is 0 Å². The zero-order chi connectivity index (χ0) is 7.56. The van der Waals surface area contributed by atoms with Crippen LogP contribution in [0, 0.1) is 0 Å². The van der Waals surface area contributed by atoms with Crippen molar-refractivity contribution in [3.8, 4) is 0 Å². The Morgan fingerprint density at radius 1 is 1.90 bits per heavy atom. The average Bonchev–Trinajstić information content (AvgIpc) is 1.85. The highest BCUT2D eigenvalue weighted by molar-refractivity contribution is 6.68. The Morgan fingerprint density at radius 2 is 2.60 bits per heavy atom. The van der Waals surface area contributed by atoms with Crippen LogP contribution in [0.1, 0.15) is 0 Å². The topological polar surface area (TPSA) is 65.7 Å². The molecule has 4 N–H and O–H groups in total. The van der Waals surface area contributed by atoms with Crippen LogP contribution in [-0.4, -0.2) is 17.4 Å². The fourth-order valence-corrected chi connectivity index (χ4v) is 0.750. The third kappa shape index (κ3) is 1.52. The van der Waals surface area contributed by atoms with Gasteiger partial charge >= 0.3 is 0 Å². The summed E-state index contributed by atoms with van der Waals surface area (Å²) in [6, 6.07) is 0. The first kappa shape index (κ1) is 7.17. The molecule has 0 fully saturated rings. The second kappa shape index (κ2) is 2.76. The van der Waals surface area contributed by atoms with Gasteiger partial charge in [0.25, 0.3) is 0 Å². The van der Waals surface area contributed by atoms with Gasteiger partial charge in [0.15, 0.2) is 5.17 Å². The maximum absolute atomic E-state index is 5.56. The van der Waals surface area contributed by atoms with Crippen molar-refractivity contribution in [2.24, 2.45) is 10.9 Å². The molecule has 0 spiro atoms. The van der Waals surface area contributed by atoms with E-state index < -0.39 is 0 Å². The second-order valence-electron chi connectivity index (χ2n) is 1.69.